The topological polar surface area (TPSA) is 79.9 Å². The highest BCUT2D eigenvalue weighted by atomic mass is 32.2. The van der Waals surface area contributed by atoms with Crippen LogP contribution in [0.5, 0.6) is 0 Å². The Kier molecular flexibility index (Phi) is 4.62. The van der Waals surface area contributed by atoms with Gasteiger partial charge >= 0.3 is 0 Å². The van der Waals surface area contributed by atoms with Crippen molar-refractivity contribution in [1.29, 1.82) is 0 Å². The van der Waals surface area contributed by atoms with Crippen molar-refractivity contribution in [3.63, 3.8) is 0 Å². The van der Waals surface area contributed by atoms with Gasteiger partial charge in [-0.15, -0.1) is 0 Å². The van der Waals surface area contributed by atoms with E-state index in [0.29, 0.717) is 5.69 Å². The van der Waals surface area contributed by atoms with Crippen LogP contribution < -0.4 is 0 Å². The first-order valence-corrected chi connectivity index (χ1v) is 9.95. The maximum absolute atomic E-state index is 12.6. The predicted molar refractivity (Wildman–Crippen MR) is 107 cm³/mol. The van der Waals surface area contributed by atoms with E-state index in [1.54, 1.807) is 36.8 Å². The molecule has 0 aliphatic carbocycles. The van der Waals surface area contributed by atoms with Crippen LogP contribution in [0.4, 0.5) is 0 Å². The van der Waals surface area contributed by atoms with Crippen molar-refractivity contribution in [2.24, 2.45) is 5.10 Å². The number of benzene rings is 1. The van der Waals surface area contributed by atoms with Gasteiger partial charge in [0.25, 0.3) is 10.0 Å². The lowest BCUT2D eigenvalue weighted by Gasteiger charge is -2.13. The van der Waals surface area contributed by atoms with Crippen LogP contribution in [-0.4, -0.2) is 40.5 Å². The van der Waals surface area contributed by atoms with Gasteiger partial charge in [0.05, 0.1) is 23.0 Å². The average molecular weight is 391 g/mol. The molecule has 0 aliphatic heterocycles. The van der Waals surface area contributed by atoms with Crippen molar-refractivity contribution in [2.75, 3.05) is 7.05 Å². The number of nitrogens with zero attached hydrogens (tertiary/aromatic N) is 5. The van der Waals surface area contributed by atoms with Crippen LogP contribution in [0.15, 0.2) is 89.4 Å². The molecule has 140 valence electrons. The fourth-order valence-corrected chi connectivity index (χ4v) is 3.72. The fraction of sp³-hybridized carbons (Fsp3) is 0.0500. The van der Waals surface area contributed by atoms with Gasteiger partial charge in [-0.3, -0.25) is 9.38 Å². The van der Waals surface area contributed by atoms with Gasteiger partial charge in [0.1, 0.15) is 5.65 Å². The zero-order valence-corrected chi connectivity index (χ0v) is 15.9. The van der Waals surface area contributed by atoms with Gasteiger partial charge in [0.15, 0.2) is 0 Å². The van der Waals surface area contributed by atoms with Gasteiger partial charge in [-0.2, -0.15) is 17.9 Å². The first-order chi connectivity index (χ1) is 13.6. The van der Waals surface area contributed by atoms with Crippen LogP contribution in [-0.2, 0) is 10.0 Å². The third kappa shape index (κ3) is 3.37. The number of sulfonamides is 1. The average Bonchev–Trinajstić information content (AvgIpc) is 3.15. The van der Waals surface area contributed by atoms with Gasteiger partial charge in [-0.05, 0) is 30.3 Å². The largest absolute Gasteiger partial charge is 0.298 e. The highest BCUT2D eigenvalue weighted by Gasteiger charge is 2.18. The summed E-state index contributed by atoms with van der Waals surface area (Å²) in [4.78, 5) is 8.67. The lowest BCUT2D eigenvalue weighted by molar-refractivity contribution is 0.491. The monoisotopic (exact) mass is 391 g/mol. The maximum Gasteiger partial charge on any atom is 0.278 e. The van der Waals surface area contributed by atoms with Crippen molar-refractivity contribution in [3.8, 4) is 11.1 Å². The number of aromatic nitrogens is 3. The molecule has 0 spiro atoms. The first-order valence-electron chi connectivity index (χ1n) is 8.51. The SMILES string of the molecule is CN(/N=C/c1cnc2ccc(-c3cccnc3)cn12)S(=O)(=O)c1ccccc1. The van der Waals surface area contributed by atoms with Gasteiger partial charge in [-0.25, -0.2) is 4.98 Å². The number of hydrogen-bond donors (Lipinski definition) is 0. The summed E-state index contributed by atoms with van der Waals surface area (Å²) >= 11 is 0. The van der Waals surface area contributed by atoms with E-state index in [2.05, 4.69) is 15.1 Å². The lowest BCUT2D eigenvalue weighted by Crippen LogP contribution is -2.21. The van der Waals surface area contributed by atoms with E-state index in [4.69, 9.17) is 0 Å². The van der Waals surface area contributed by atoms with E-state index < -0.39 is 10.0 Å². The Bertz CT molecular complexity index is 1240. The molecule has 0 bridgehead atoms. The summed E-state index contributed by atoms with van der Waals surface area (Å²) in [7, 11) is -2.29. The molecule has 8 heteroatoms. The second kappa shape index (κ2) is 7.24. The second-order valence-electron chi connectivity index (χ2n) is 6.07. The molecule has 0 radical (unpaired) electrons. The molecule has 3 aromatic heterocycles. The number of imidazole rings is 1. The predicted octanol–water partition coefficient (Wildman–Crippen LogP) is 3.05. The Balaban J connectivity index is 1.66. The standard InChI is InChI=1S/C20H17N5O2S/c1-24(28(26,27)19-7-3-2-4-8-19)23-14-18-13-22-20-10-9-17(15-25(18)20)16-6-5-11-21-12-16/h2-15H,1H3/b23-14+. The minimum atomic E-state index is -3.70. The first kappa shape index (κ1) is 17.9. The molecule has 0 saturated carbocycles. The molecule has 0 fully saturated rings. The molecule has 0 amide bonds. The second-order valence-corrected chi connectivity index (χ2v) is 8.02. The van der Waals surface area contributed by atoms with E-state index in [1.165, 1.54) is 25.4 Å². The molecule has 0 atom stereocenters. The molecular weight excluding hydrogens is 374 g/mol. The Morgan fingerprint density at radius 2 is 1.82 bits per heavy atom. The molecular formula is C20H17N5O2S. The molecule has 0 saturated heterocycles. The Hall–Kier alpha value is -3.52. The molecule has 0 unspecified atom stereocenters. The summed E-state index contributed by atoms with van der Waals surface area (Å²) in [6, 6.07) is 15.9. The van der Waals surface area contributed by atoms with Crippen LogP contribution in [0, 0.1) is 0 Å². The molecule has 0 N–H and O–H groups in total. The van der Waals surface area contributed by atoms with E-state index in [0.717, 1.165) is 21.2 Å². The summed E-state index contributed by atoms with van der Waals surface area (Å²) in [6.45, 7) is 0. The molecule has 28 heavy (non-hydrogen) atoms. The summed E-state index contributed by atoms with van der Waals surface area (Å²) in [6.07, 6.45) is 8.56. The van der Waals surface area contributed by atoms with Crippen molar-refractivity contribution >= 4 is 21.9 Å². The zero-order valence-electron chi connectivity index (χ0n) is 15.0. The highest BCUT2D eigenvalue weighted by molar-refractivity contribution is 7.89. The van der Waals surface area contributed by atoms with Gasteiger partial charge in [0.2, 0.25) is 0 Å². The molecule has 1 aromatic carbocycles. The molecule has 0 aliphatic rings. The van der Waals surface area contributed by atoms with E-state index in [9.17, 15) is 8.42 Å². The van der Waals surface area contributed by atoms with Crippen LogP contribution >= 0.6 is 0 Å². The van der Waals surface area contributed by atoms with Crippen LogP contribution in [0.1, 0.15) is 5.69 Å². The van der Waals surface area contributed by atoms with Gasteiger partial charge in [-0.1, -0.05) is 24.3 Å². The van der Waals surface area contributed by atoms with Crippen molar-refractivity contribution in [3.05, 3.63) is 85.1 Å². The van der Waals surface area contributed by atoms with Crippen LogP contribution in [0.2, 0.25) is 0 Å². The third-order valence-electron chi connectivity index (χ3n) is 4.27. The number of rotatable bonds is 5. The number of hydrazone groups is 1. The van der Waals surface area contributed by atoms with Crippen molar-refractivity contribution < 1.29 is 8.42 Å². The number of pyridine rings is 2. The van der Waals surface area contributed by atoms with E-state index >= 15 is 0 Å². The third-order valence-corrected chi connectivity index (χ3v) is 5.93. The van der Waals surface area contributed by atoms with Gasteiger partial charge < -0.3 is 0 Å². The fourth-order valence-electron chi connectivity index (χ4n) is 2.75. The summed E-state index contributed by atoms with van der Waals surface area (Å²) in [5.74, 6) is 0. The van der Waals surface area contributed by atoms with Crippen molar-refractivity contribution in [1.82, 2.24) is 18.8 Å². The minimum Gasteiger partial charge on any atom is -0.298 e. The Morgan fingerprint density at radius 3 is 2.57 bits per heavy atom. The normalized spacial score (nSPS) is 11.9. The quantitative estimate of drug-likeness (QED) is 0.387. The highest BCUT2D eigenvalue weighted by Crippen LogP contribution is 2.19. The van der Waals surface area contributed by atoms with E-state index in [-0.39, 0.29) is 4.90 Å². The zero-order chi connectivity index (χ0) is 19.6. The van der Waals surface area contributed by atoms with Gasteiger partial charge in [0, 0.05) is 36.8 Å². The number of hydrogen-bond acceptors (Lipinski definition) is 5. The van der Waals surface area contributed by atoms with Crippen LogP contribution in [0.25, 0.3) is 16.8 Å². The molecule has 4 rings (SSSR count). The summed E-state index contributed by atoms with van der Waals surface area (Å²) in [5, 5.41) is 4.11. The number of fused-ring (bicyclic) bond motifs is 1. The summed E-state index contributed by atoms with van der Waals surface area (Å²) in [5.41, 5.74) is 3.35. The summed E-state index contributed by atoms with van der Waals surface area (Å²) < 4.78 is 28.0. The smallest absolute Gasteiger partial charge is 0.278 e. The van der Waals surface area contributed by atoms with Crippen LogP contribution in [0.3, 0.4) is 0 Å². The minimum absolute atomic E-state index is 0.187. The molecule has 7 nitrogen and oxygen atoms in total. The molecule has 4 aromatic rings. The lowest BCUT2D eigenvalue weighted by atomic mass is 10.1. The van der Waals surface area contributed by atoms with Crippen molar-refractivity contribution in [2.45, 2.75) is 4.90 Å². The van der Waals surface area contributed by atoms with E-state index in [1.807, 2.05) is 34.9 Å². The molecule has 3 heterocycles. The Morgan fingerprint density at radius 1 is 1.00 bits per heavy atom. The Labute approximate surface area is 162 Å². The maximum atomic E-state index is 12.6.